The Hall–Kier alpha value is -5.68. The van der Waals surface area contributed by atoms with Crippen LogP contribution in [0.15, 0.2) is 99.9 Å². The first-order chi connectivity index (χ1) is 24.6. The molecule has 0 spiro atoms. The van der Waals surface area contributed by atoms with Gasteiger partial charge in [-0.15, -0.1) is 0 Å². The van der Waals surface area contributed by atoms with E-state index in [1.54, 1.807) is 62.1 Å². The standard InChI is InChI=1S/C40H40N4O6S/c1-7-8-20-50-39(47)27-14-16-30(17-15-27)43-24(2)21-28(26(43)4)22-34-38(46)44-36(32-19-18-31(48-5)23-33(32)49-6)35(25(3)41-40(44)51-34)37(45)42-29-12-10-9-11-13-29/h9-19,21-23,36H,7-8,20H2,1-6H3,(H,42,45)/b34-22-/t36-/m1/s1. The number of para-hydroxylation sites is 1. The van der Waals surface area contributed by atoms with Crippen LogP contribution in [0.1, 0.15) is 65.6 Å². The summed E-state index contributed by atoms with van der Waals surface area (Å²) in [7, 11) is 3.11. The molecule has 262 valence electrons. The first kappa shape index (κ1) is 35.2. The third-order valence-corrected chi connectivity index (χ3v) is 9.87. The topological polar surface area (TPSA) is 113 Å². The second-order valence-corrected chi connectivity index (χ2v) is 13.2. The van der Waals surface area contributed by atoms with Crippen molar-refractivity contribution in [2.45, 2.75) is 46.6 Å². The van der Waals surface area contributed by atoms with Crippen molar-refractivity contribution >= 4 is 35.0 Å². The average Bonchev–Trinajstić information content (AvgIpc) is 3.60. The van der Waals surface area contributed by atoms with Crippen molar-refractivity contribution in [1.29, 1.82) is 0 Å². The van der Waals surface area contributed by atoms with Gasteiger partial charge in [-0.05, 0) is 93.4 Å². The van der Waals surface area contributed by atoms with Crippen LogP contribution in [-0.2, 0) is 9.53 Å². The highest BCUT2D eigenvalue weighted by Gasteiger charge is 2.34. The maximum Gasteiger partial charge on any atom is 0.338 e. The molecule has 1 N–H and O–H groups in total. The summed E-state index contributed by atoms with van der Waals surface area (Å²) in [4.78, 5) is 46.1. The number of hydrogen-bond donors (Lipinski definition) is 1. The molecule has 1 amide bonds. The Morgan fingerprint density at radius 2 is 1.71 bits per heavy atom. The smallest absolute Gasteiger partial charge is 0.338 e. The van der Waals surface area contributed by atoms with Crippen molar-refractivity contribution in [1.82, 2.24) is 9.13 Å². The van der Waals surface area contributed by atoms with Gasteiger partial charge in [-0.3, -0.25) is 14.2 Å². The lowest BCUT2D eigenvalue weighted by atomic mass is 9.94. The zero-order valence-corrected chi connectivity index (χ0v) is 30.3. The van der Waals surface area contributed by atoms with Gasteiger partial charge in [0.2, 0.25) is 0 Å². The number of nitrogens with one attached hydrogen (secondary N) is 1. The molecule has 0 fully saturated rings. The summed E-state index contributed by atoms with van der Waals surface area (Å²) in [6.45, 7) is 8.22. The number of rotatable bonds is 11. The van der Waals surface area contributed by atoms with Crippen LogP contribution in [0.2, 0.25) is 0 Å². The molecular weight excluding hydrogens is 665 g/mol. The fraction of sp³-hybridized carbons (Fsp3) is 0.250. The Bertz CT molecular complexity index is 2320. The fourth-order valence-electron chi connectivity index (χ4n) is 6.28. The Kier molecular flexibility index (Phi) is 10.4. The third-order valence-electron chi connectivity index (χ3n) is 8.88. The van der Waals surface area contributed by atoms with Crippen LogP contribution in [-0.4, -0.2) is 41.8 Å². The monoisotopic (exact) mass is 704 g/mol. The molecule has 0 radical (unpaired) electrons. The van der Waals surface area contributed by atoms with Crippen molar-refractivity contribution in [2.75, 3.05) is 26.1 Å². The van der Waals surface area contributed by atoms with Crippen LogP contribution in [0.4, 0.5) is 5.69 Å². The van der Waals surface area contributed by atoms with Gasteiger partial charge in [-0.25, -0.2) is 9.79 Å². The first-order valence-corrected chi connectivity index (χ1v) is 17.5. The molecule has 51 heavy (non-hydrogen) atoms. The van der Waals surface area contributed by atoms with Gasteiger partial charge in [0, 0.05) is 34.4 Å². The zero-order chi connectivity index (χ0) is 36.2. The van der Waals surface area contributed by atoms with Gasteiger partial charge in [-0.1, -0.05) is 42.9 Å². The molecule has 3 aromatic carbocycles. The van der Waals surface area contributed by atoms with E-state index in [4.69, 9.17) is 19.2 Å². The SMILES string of the molecule is CCCCOC(=O)c1ccc(-n2c(C)cc(/C=c3\sc4n(c3=O)[C@H](c3ccc(OC)cc3OC)C(C(=O)Nc3ccccc3)=C(C)N=4)c2C)cc1. The van der Waals surface area contributed by atoms with E-state index < -0.39 is 6.04 Å². The number of nitrogens with zero attached hydrogens (tertiary/aromatic N) is 3. The number of benzene rings is 3. The summed E-state index contributed by atoms with van der Waals surface area (Å²) in [6.07, 6.45) is 3.65. The number of esters is 1. The Morgan fingerprint density at radius 3 is 2.39 bits per heavy atom. The number of aryl methyl sites for hydroxylation is 1. The lowest BCUT2D eigenvalue weighted by Crippen LogP contribution is -2.40. The van der Waals surface area contributed by atoms with Crippen LogP contribution in [0, 0.1) is 13.8 Å². The van der Waals surface area contributed by atoms with Gasteiger partial charge in [0.25, 0.3) is 11.5 Å². The Labute approximate surface area is 300 Å². The summed E-state index contributed by atoms with van der Waals surface area (Å²) < 4.78 is 20.7. The second kappa shape index (κ2) is 15.1. The Morgan fingerprint density at radius 1 is 0.961 bits per heavy atom. The number of amides is 1. The molecule has 6 rings (SSSR count). The predicted molar refractivity (Wildman–Crippen MR) is 199 cm³/mol. The number of carbonyl (C=O) groups excluding carboxylic acids is 2. The molecule has 2 aromatic heterocycles. The number of aromatic nitrogens is 2. The van der Waals surface area contributed by atoms with Gasteiger partial charge in [0.15, 0.2) is 4.80 Å². The van der Waals surface area contributed by atoms with Crippen LogP contribution in [0.5, 0.6) is 11.5 Å². The number of thiazole rings is 1. The van der Waals surface area contributed by atoms with E-state index in [9.17, 15) is 14.4 Å². The minimum absolute atomic E-state index is 0.283. The van der Waals surface area contributed by atoms with Crippen LogP contribution >= 0.6 is 11.3 Å². The van der Waals surface area contributed by atoms with Crippen molar-refractivity contribution in [2.24, 2.45) is 4.99 Å². The van der Waals surface area contributed by atoms with E-state index in [-0.39, 0.29) is 17.4 Å². The average molecular weight is 705 g/mol. The van der Waals surface area contributed by atoms with E-state index in [0.29, 0.717) is 55.5 Å². The Balaban J connectivity index is 1.43. The molecule has 0 unspecified atom stereocenters. The number of methoxy groups -OCH3 is 2. The molecule has 0 saturated heterocycles. The van der Waals surface area contributed by atoms with E-state index >= 15 is 0 Å². The van der Waals surface area contributed by atoms with Crippen molar-refractivity contribution in [3.8, 4) is 17.2 Å². The number of hydrogen-bond acceptors (Lipinski definition) is 8. The maximum absolute atomic E-state index is 14.4. The third kappa shape index (κ3) is 7.02. The van der Waals surface area contributed by atoms with Gasteiger partial charge < -0.3 is 24.1 Å². The molecule has 11 heteroatoms. The molecule has 1 aliphatic heterocycles. The number of unbranched alkanes of at least 4 members (excludes halogenated alkanes) is 1. The minimum atomic E-state index is -0.826. The number of anilines is 1. The molecule has 3 heterocycles. The van der Waals surface area contributed by atoms with E-state index in [2.05, 4.69) is 9.88 Å². The maximum atomic E-state index is 14.4. The predicted octanol–water partition coefficient (Wildman–Crippen LogP) is 6.26. The summed E-state index contributed by atoms with van der Waals surface area (Å²) in [6, 6.07) is 23.0. The summed E-state index contributed by atoms with van der Waals surface area (Å²) in [5.41, 5.74) is 5.90. The molecule has 0 saturated carbocycles. The molecule has 0 bridgehead atoms. The van der Waals surface area contributed by atoms with Gasteiger partial charge in [-0.2, -0.15) is 0 Å². The van der Waals surface area contributed by atoms with E-state index in [0.717, 1.165) is 35.5 Å². The molecule has 5 aromatic rings. The first-order valence-electron chi connectivity index (χ1n) is 16.7. The van der Waals surface area contributed by atoms with Crippen molar-refractivity contribution < 1.29 is 23.8 Å². The zero-order valence-electron chi connectivity index (χ0n) is 29.5. The summed E-state index contributed by atoms with van der Waals surface area (Å²) in [5, 5.41) is 2.98. The molecule has 0 aliphatic carbocycles. The second-order valence-electron chi connectivity index (χ2n) is 12.2. The van der Waals surface area contributed by atoms with E-state index in [1.807, 2.05) is 69.3 Å². The number of ether oxygens (including phenoxy) is 3. The normalized spacial score (nSPS) is 14.2. The highest BCUT2D eigenvalue weighted by molar-refractivity contribution is 7.07. The fourth-order valence-corrected chi connectivity index (χ4v) is 7.32. The minimum Gasteiger partial charge on any atom is -0.497 e. The molecule has 10 nitrogen and oxygen atoms in total. The van der Waals surface area contributed by atoms with Crippen molar-refractivity contribution in [3.05, 3.63) is 138 Å². The number of fused-ring (bicyclic) bond motifs is 1. The quantitative estimate of drug-likeness (QED) is 0.128. The summed E-state index contributed by atoms with van der Waals surface area (Å²) >= 11 is 1.27. The van der Waals surface area contributed by atoms with Crippen LogP contribution in [0.25, 0.3) is 11.8 Å². The van der Waals surface area contributed by atoms with Gasteiger partial charge >= 0.3 is 5.97 Å². The highest BCUT2D eigenvalue weighted by Crippen LogP contribution is 2.37. The van der Waals surface area contributed by atoms with Crippen molar-refractivity contribution in [3.63, 3.8) is 0 Å². The number of allylic oxidation sites excluding steroid dienone is 1. The molecule has 1 atom stereocenters. The van der Waals surface area contributed by atoms with Gasteiger partial charge in [0.1, 0.15) is 17.5 Å². The largest absolute Gasteiger partial charge is 0.497 e. The van der Waals surface area contributed by atoms with Gasteiger partial charge in [0.05, 0.1) is 42.2 Å². The van der Waals surface area contributed by atoms with E-state index in [1.165, 1.54) is 11.3 Å². The van der Waals surface area contributed by atoms with Crippen LogP contribution in [0.3, 0.4) is 0 Å². The lowest BCUT2D eigenvalue weighted by molar-refractivity contribution is -0.113. The summed E-state index contributed by atoms with van der Waals surface area (Å²) in [5.74, 6) is 0.338. The molecule has 1 aliphatic rings. The van der Waals surface area contributed by atoms with Crippen LogP contribution < -0.4 is 29.7 Å². The number of carbonyl (C=O) groups is 2. The lowest BCUT2D eigenvalue weighted by Gasteiger charge is -2.26. The highest BCUT2D eigenvalue weighted by atomic mass is 32.1. The molecular formula is C40H40N4O6S.